The third kappa shape index (κ3) is 2.45. The van der Waals surface area contributed by atoms with Crippen LogP contribution in [0.5, 0.6) is 5.75 Å². The molecule has 0 fully saturated rings. The van der Waals surface area contributed by atoms with Crippen molar-refractivity contribution in [3.8, 4) is 5.75 Å². The first-order valence-corrected chi connectivity index (χ1v) is 3.58. The molecule has 1 rings (SSSR count). The zero-order valence-corrected chi connectivity index (χ0v) is 7.37. The number of nitrogens with zero attached hydrogens (tertiary/aromatic N) is 2. The summed E-state index contributed by atoms with van der Waals surface area (Å²) in [5.41, 5.74) is 0. The second-order valence-electron chi connectivity index (χ2n) is 2.02. The van der Waals surface area contributed by atoms with Crippen molar-refractivity contribution in [3.63, 3.8) is 0 Å². The van der Waals surface area contributed by atoms with Crippen LogP contribution < -0.4 is 10.1 Å². The second-order valence-corrected chi connectivity index (χ2v) is 2.38. The molecule has 13 heavy (non-hydrogen) atoms. The summed E-state index contributed by atoms with van der Waals surface area (Å²) in [6.45, 7) is 0. The molecule has 1 amide bonds. The Bertz CT molecular complexity index is 331. The summed E-state index contributed by atoms with van der Waals surface area (Å²) >= 11 is 5.56. The minimum atomic E-state index is -1.22. The van der Waals surface area contributed by atoms with Gasteiger partial charge in [0, 0.05) is 6.07 Å². The molecule has 0 aliphatic heterocycles. The molecule has 0 unspecified atom stereocenters. The van der Waals surface area contributed by atoms with Crippen molar-refractivity contribution < 1.29 is 14.6 Å². The van der Waals surface area contributed by atoms with Gasteiger partial charge in [-0.2, -0.15) is 0 Å². The zero-order valence-electron chi connectivity index (χ0n) is 6.61. The number of carbonyl (C=O) groups is 1. The first-order chi connectivity index (χ1) is 6.13. The first kappa shape index (κ1) is 9.53. The number of halogens is 1. The predicted octanol–water partition coefficient (Wildman–Crippen LogP) is 1.23. The van der Waals surface area contributed by atoms with Crippen LogP contribution in [0, 0.1) is 0 Å². The fourth-order valence-corrected chi connectivity index (χ4v) is 0.843. The van der Waals surface area contributed by atoms with Gasteiger partial charge in [-0.3, -0.25) is 5.32 Å². The summed E-state index contributed by atoms with van der Waals surface area (Å²) in [6.07, 6.45) is -1.22. The molecule has 0 saturated heterocycles. The molecule has 2 N–H and O–H groups in total. The lowest BCUT2D eigenvalue weighted by molar-refractivity contribution is 0.209. The summed E-state index contributed by atoms with van der Waals surface area (Å²) < 4.78 is 4.80. The molecule has 0 radical (unpaired) electrons. The Kier molecular flexibility index (Phi) is 2.86. The molecule has 0 saturated carbocycles. The molecule has 1 aromatic heterocycles. The summed E-state index contributed by atoms with van der Waals surface area (Å²) in [5.74, 6) is 0.328. The van der Waals surface area contributed by atoms with Crippen LogP contribution in [0.4, 0.5) is 10.6 Å². The highest BCUT2D eigenvalue weighted by atomic mass is 35.5. The van der Waals surface area contributed by atoms with Crippen LogP contribution >= 0.6 is 11.6 Å². The lowest BCUT2D eigenvalue weighted by atomic mass is 10.5. The Labute approximate surface area is 78.5 Å². The summed E-state index contributed by atoms with van der Waals surface area (Å²) in [6, 6.07) is 1.34. The molecule has 70 valence electrons. The van der Waals surface area contributed by atoms with E-state index in [4.69, 9.17) is 21.4 Å². The number of aromatic nitrogens is 2. The van der Waals surface area contributed by atoms with Gasteiger partial charge in [0.25, 0.3) is 0 Å². The van der Waals surface area contributed by atoms with Crippen molar-refractivity contribution in [3.05, 3.63) is 11.2 Å². The highest BCUT2D eigenvalue weighted by molar-refractivity contribution is 6.30. The number of hydrogen-bond donors (Lipinski definition) is 2. The molecular formula is C6H6ClN3O3. The smallest absolute Gasteiger partial charge is 0.410 e. The van der Waals surface area contributed by atoms with E-state index in [-0.39, 0.29) is 16.7 Å². The standard InChI is InChI=1S/C6H6ClN3O3/c1-13-3-2-4(8-6(11)12)9-10-5(3)7/h2H,1H3,(H,8,9)(H,11,12). The van der Waals surface area contributed by atoms with E-state index in [0.29, 0.717) is 0 Å². The van der Waals surface area contributed by atoms with E-state index in [2.05, 4.69) is 10.2 Å². The van der Waals surface area contributed by atoms with E-state index in [1.165, 1.54) is 13.2 Å². The van der Waals surface area contributed by atoms with Crippen molar-refractivity contribution >= 4 is 23.5 Å². The fourth-order valence-electron chi connectivity index (χ4n) is 0.673. The van der Waals surface area contributed by atoms with Gasteiger partial charge in [-0.05, 0) is 0 Å². The van der Waals surface area contributed by atoms with Gasteiger partial charge < -0.3 is 9.84 Å². The molecule has 7 heteroatoms. The number of hydrogen-bond acceptors (Lipinski definition) is 4. The van der Waals surface area contributed by atoms with E-state index in [1.54, 1.807) is 0 Å². The third-order valence-electron chi connectivity index (χ3n) is 1.17. The van der Waals surface area contributed by atoms with Crippen LogP contribution in [0.25, 0.3) is 0 Å². The Morgan fingerprint density at radius 1 is 1.69 bits per heavy atom. The van der Waals surface area contributed by atoms with E-state index >= 15 is 0 Å². The summed E-state index contributed by atoms with van der Waals surface area (Å²) in [7, 11) is 1.40. The highest BCUT2D eigenvalue weighted by Crippen LogP contribution is 2.22. The molecule has 0 aromatic carbocycles. The average Bonchev–Trinajstić information content (AvgIpc) is 2.07. The van der Waals surface area contributed by atoms with Crippen LogP contribution in [0.15, 0.2) is 6.07 Å². The molecule has 0 aliphatic rings. The lowest BCUT2D eigenvalue weighted by Gasteiger charge is -2.03. The highest BCUT2D eigenvalue weighted by Gasteiger charge is 2.06. The topological polar surface area (TPSA) is 84.3 Å². The number of anilines is 1. The van der Waals surface area contributed by atoms with Crippen molar-refractivity contribution in [2.75, 3.05) is 12.4 Å². The SMILES string of the molecule is COc1cc(NC(=O)O)nnc1Cl. The Hall–Kier alpha value is -1.56. The van der Waals surface area contributed by atoms with Gasteiger partial charge in [-0.25, -0.2) is 4.79 Å². The Morgan fingerprint density at radius 3 is 2.92 bits per heavy atom. The molecule has 6 nitrogen and oxygen atoms in total. The molecule has 0 aliphatic carbocycles. The number of ether oxygens (including phenoxy) is 1. The van der Waals surface area contributed by atoms with E-state index < -0.39 is 6.09 Å². The quantitative estimate of drug-likeness (QED) is 0.755. The van der Waals surface area contributed by atoms with Gasteiger partial charge in [-0.1, -0.05) is 11.6 Å². The number of rotatable bonds is 2. The Balaban J connectivity index is 2.92. The maximum Gasteiger partial charge on any atom is 0.410 e. The van der Waals surface area contributed by atoms with Crippen molar-refractivity contribution in [2.24, 2.45) is 0 Å². The van der Waals surface area contributed by atoms with Crippen LogP contribution in [-0.4, -0.2) is 28.5 Å². The molecule has 1 heterocycles. The second kappa shape index (κ2) is 3.90. The van der Waals surface area contributed by atoms with Crippen LogP contribution in [0.3, 0.4) is 0 Å². The van der Waals surface area contributed by atoms with Crippen molar-refractivity contribution in [1.29, 1.82) is 0 Å². The summed E-state index contributed by atoms with van der Waals surface area (Å²) in [5, 5.41) is 17.4. The van der Waals surface area contributed by atoms with Crippen molar-refractivity contribution in [2.45, 2.75) is 0 Å². The van der Waals surface area contributed by atoms with Gasteiger partial charge in [0.2, 0.25) is 0 Å². The maximum atomic E-state index is 10.2. The monoisotopic (exact) mass is 203 g/mol. The third-order valence-corrected chi connectivity index (χ3v) is 1.43. The predicted molar refractivity (Wildman–Crippen MR) is 45.2 cm³/mol. The van der Waals surface area contributed by atoms with E-state index in [0.717, 1.165) is 0 Å². The van der Waals surface area contributed by atoms with Gasteiger partial charge in [0.1, 0.15) is 0 Å². The number of nitrogens with one attached hydrogen (secondary N) is 1. The Morgan fingerprint density at radius 2 is 2.38 bits per heavy atom. The fraction of sp³-hybridized carbons (Fsp3) is 0.167. The van der Waals surface area contributed by atoms with Crippen molar-refractivity contribution in [1.82, 2.24) is 10.2 Å². The molecule has 0 bridgehead atoms. The zero-order chi connectivity index (χ0) is 9.84. The molecule has 0 spiro atoms. The van der Waals surface area contributed by atoms with Gasteiger partial charge in [-0.15, -0.1) is 10.2 Å². The maximum absolute atomic E-state index is 10.2. The first-order valence-electron chi connectivity index (χ1n) is 3.20. The summed E-state index contributed by atoms with van der Waals surface area (Å²) in [4.78, 5) is 10.2. The molecule has 1 aromatic rings. The molecule has 0 atom stereocenters. The normalized spacial score (nSPS) is 9.38. The van der Waals surface area contributed by atoms with E-state index in [1.807, 2.05) is 5.32 Å². The van der Waals surface area contributed by atoms with Crippen LogP contribution in [-0.2, 0) is 0 Å². The van der Waals surface area contributed by atoms with Crippen LogP contribution in [0.1, 0.15) is 0 Å². The molecular weight excluding hydrogens is 198 g/mol. The number of methoxy groups -OCH3 is 1. The number of carboxylic acid groups (broad SMARTS) is 1. The minimum absolute atomic E-state index is 0.0637. The van der Waals surface area contributed by atoms with Gasteiger partial charge >= 0.3 is 6.09 Å². The van der Waals surface area contributed by atoms with Gasteiger partial charge in [0.15, 0.2) is 16.7 Å². The van der Waals surface area contributed by atoms with Gasteiger partial charge in [0.05, 0.1) is 7.11 Å². The largest absolute Gasteiger partial charge is 0.493 e. The van der Waals surface area contributed by atoms with Crippen LogP contribution in [0.2, 0.25) is 5.15 Å². The average molecular weight is 204 g/mol. The lowest BCUT2D eigenvalue weighted by Crippen LogP contribution is -2.09. The minimum Gasteiger partial charge on any atom is -0.493 e. The van der Waals surface area contributed by atoms with E-state index in [9.17, 15) is 4.79 Å². The number of amides is 1.